The first-order chi connectivity index (χ1) is 8.65. The highest BCUT2D eigenvalue weighted by Gasteiger charge is 2.45. The molecule has 1 aromatic heterocycles. The number of carbonyl (C=O) groups is 1. The van der Waals surface area contributed by atoms with Crippen LogP contribution in [-0.2, 0) is 9.84 Å². The summed E-state index contributed by atoms with van der Waals surface area (Å²) in [7, 11) is -5.18. The summed E-state index contributed by atoms with van der Waals surface area (Å²) in [5.41, 5.74) is -5.02. The molecule has 0 N–H and O–H groups in total. The summed E-state index contributed by atoms with van der Waals surface area (Å²) in [6.45, 7) is 1.39. The largest absolute Gasteiger partial charge is 0.497 e. The Morgan fingerprint density at radius 2 is 2.05 bits per heavy atom. The Hall–Kier alpha value is -1.44. The fraction of sp³-hybridized carbons (Fsp3) is 0.455. The van der Waals surface area contributed by atoms with E-state index in [9.17, 15) is 26.4 Å². The number of ketones is 1. The Kier molecular flexibility index (Phi) is 4.67. The molecule has 8 heteroatoms. The molecule has 1 rings (SSSR count). The molecule has 19 heavy (non-hydrogen) atoms. The number of halogens is 3. The number of Topliss-reactive ketones (excluding diaryl/α,β-unsaturated/α-hetero) is 1. The third-order valence-corrected chi connectivity index (χ3v) is 4.04. The van der Waals surface area contributed by atoms with E-state index in [0.717, 1.165) is 0 Å². The van der Waals surface area contributed by atoms with E-state index >= 15 is 0 Å². The minimum absolute atomic E-state index is 0.249. The summed E-state index contributed by atoms with van der Waals surface area (Å²) >= 11 is 0. The van der Waals surface area contributed by atoms with Crippen LogP contribution in [0.5, 0.6) is 0 Å². The van der Waals surface area contributed by atoms with Crippen molar-refractivity contribution in [3.63, 3.8) is 0 Å². The number of rotatable bonds is 5. The topological polar surface area (TPSA) is 64.1 Å². The molecule has 0 aliphatic rings. The van der Waals surface area contributed by atoms with Crippen LogP contribution in [0.1, 0.15) is 23.7 Å². The number of aromatic nitrogens is 1. The normalized spacial score (nSPS) is 14.1. The van der Waals surface area contributed by atoms with Crippen molar-refractivity contribution >= 4 is 15.6 Å². The molecule has 106 valence electrons. The lowest BCUT2D eigenvalue weighted by Gasteiger charge is -2.12. The first kappa shape index (κ1) is 15.6. The van der Waals surface area contributed by atoms with Crippen LogP contribution in [0.2, 0.25) is 0 Å². The zero-order valence-electron chi connectivity index (χ0n) is 10.0. The predicted molar refractivity (Wildman–Crippen MR) is 62.2 cm³/mol. The SMILES string of the molecule is CC(CCS(=O)(=O)C(F)(F)F)C(=O)c1cccnc1. The van der Waals surface area contributed by atoms with E-state index in [4.69, 9.17) is 0 Å². The number of carbonyl (C=O) groups excluding carboxylic acids is 1. The molecule has 0 bridgehead atoms. The molecule has 0 amide bonds. The van der Waals surface area contributed by atoms with Crippen molar-refractivity contribution in [2.24, 2.45) is 5.92 Å². The number of pyridine rings is 1. The molecule has 1 atom stereocenters. The Labute approximate surface area is 108 Å². The fourth-order valence-electron chi connectivity index (χ4n) is 1.37. The molecule has 4 nitrogen and oxygen atoms in total. The number of alkyl halides is 3. The molecule has 0 aliphatic carbocycles. The number of hydrogen-bond acceptors (Lipinski definition) is 4. The lowest BCUT2D eigenvalue weighted by Crippen LogP contribution is -2.28. The van der Waals surface area contributed by atoms with Crippen molar-refractivity contribution in [2.75, 3.05) is 5.75 Å². The third kappa shape index (κ3) is 4.02. The number of sulfone groups is 1. The molecule has 1 aromatic rings. The van der Waals surface area contributed by atoms with E-state index in [1.807, 2.05) is 0 Å². The van der Waals surface area contributed by atoms with Gasteiger partial charge < -0.3 is 0 Å². The van der Waals surface area contributed by atoms with Gasteiger partial charge in [-0.15, -0.1) is 0 Å². The van der Waals surface area contributed by atoms with Crippen LogP contribution < -0.4 is 0 Å². The smallest absolute Gasteiger partial charge is 0.294 e. The van der Waals surface area contributed by atoms with Crippen molar-refractivity contribution in [3.8, 4) is 0 Å². The van der Waals surface area contributed by atoms with E-state index in [2.05, 4.69) is 4.98 Å². The van der Waals surface area contributed by atoms with Gasteiger partial charge in [-0.05, 0) is 18.6 Å². The van der Waals surface area contributed by atoms with Gasteiger partial charge in [-0.1, -0.05) is 6.92 Å². The van der Waals surface area contributed by atoms with Crippen LogP contribution in [0.25, 0.3) is 0 Å². The van der Waals surface area contributed by atoms with Gasteiger partial charge in [0, 0.05) is 23.9 Å². The van der Waals surface area contributed by atoms with E-state index in [1.54, 1.807) is 0 Å². The minimum Gasteiger partial charge on any atom is -0.294 e. The zero-order valence-corrected chi connectivity index (χ0v) is 10.8. The third-order valence-electron chi connectivity index (χ3n) is 2.57. The van der Waals surface area contributed by atoms with Crippen LogP contribution in [0.3, 0.4) is 0 Å². The number of nitrogens with zero attached hydrogens (tertiary/aromatic N) is 1. The van der Waals surface area contributed by atoms with Gasteiger partial charge in [-0.3, -0.25) is 9.78 Å². The summed E-state index contributed by atoms with van der Waals surface area (Å²) < 4.78 is 58.1. The van der Waals surface area contributed by atoms with E-state index in [0.29, 0.717) is 0 Å². The monoisotopic (exact) mass is 295 g/mol. The molecule has 0 spiro atoms. The maximum Gasteiger partial charge on any atom is 0.497 e. The highest BCUT2D eigenvalue weighted by molar-refractivity contribution is 7.92. The lowest BCUT2D eigenvalue weighted by atomic mass is 9.98. The van der Waals surface area contributed by atoms with Gasteiger partial charge in [0.1, 0.15) is 0 Å². The average molecular weight is 295 g/mol. The van der Waals surface area contributed by atoms with Gasteiger partial charge in [-0.25, -0.2) is 8.42 Å². The van der Waals surface area contributed by atoms with Crippen LogP contribution in [0.15, 0.2) is 24.5 Å². The molecule has 1 heterocycles. The van der Waals surface area contributed by atoms with Crippen LogP contribution in [0, 0.1) is 5.92 Å². The van der Waals surface area contributed by atoms with E-state index in [1.165, 1.54) is 31.5 Å². The molecule has 0 radical (unpaired) electrons. The molecule has 0 saturated heterocycles. The van der Waals surface area contributed by atoms with Gasteiger partial charge in [0.15, 0.2) is 5.78 Å². The Bertz CT molecular complexity index is 540. The van der Waals surface area contributed by atoms with Crippen molar-refractivity contribution < 1.29 is 26.4 Å². The lowest BCUT2D eigenvalue weighted by molar-refractivity contribution is -0.0436. The Balaban J connectivity index is 2.67. The number of hydrogen-bond donors (Lipinski definition) is 0. The minimum atomic E-state index is -5.27. The highest BCUT2D eigenvalue weighted by atomic mass is 32.2. The predicted octanol–water partition coefficient (Wildman–Crippen LogP) is 2.23. The summed E-state index contributed by atoms with van der Waals surface area (Å²) in [4.78, 5) is 15.5. The molecular weight excluding hydrogens is 283 g/mol. The molecule has 0 saturated carbocycles. The van der Waals surface area contributed by atoms with Gasteiger partial charge in [0.05, 0.1) is 5.75 Å². The Morgan fingerprint density at radius 3 is 2.53 bits per heavy atom. The fourth-order valence-corrected chi connectivity index (χ4v) is 2.27. The second-order valence-corrected chi connectivity index (χ2v) is 6.16. The molecule has 0 fully saturated rings. The van der Waals surface area contributed by atoms with Crippen molar-refractivity contribution in [1.29, 1.82) is 0 Å². The van der Waals surface area contributed by atoms with Gasteiger partial charge in [-0.2, -0.15) is 13.2 Å². The zero-order chi connectivity index (χ0) is 14.7. The van der Waals surface area contributed by atoms with Gasteiger partial charge >= 0.3 is 5.51 Å². The van der Waals surface area contributed by atoms with E-state index < -0.39 is 32.8 Å². The van der Waals surface area contributed by atoms with Gasteiger partial charge in [0.2, 0.25) is 9.84 Å². The van der Waals surface area contributed by atoms with Crippen molar-refractivity contribution in [2.45, 2.75) is 18.9 Å². The first-order valence-electron chi connectivity index (χ1n) is 5.38. The van der Waals surface area contributed by atoms with Crippen LogP contribution >= 0.6 is 0 Å². The average Bonchev–Trinajstić information content (AvgIpc) is 2.35. The second kappa shape index (κ2) is 5.68. The van der Waals surface area contributed by atoms with Gasteiger partial charge in [0.25, 0.3) is 0 Å². The highest BCUT2D eigenvalue weighted by Crippen LogP contribution is 2.25. The second-order valence-electron chi connectivity index (χ2n) is 4.06. The van der Waals surface area contributed by atoms with E-state index in [-0.39, 0.29) is 12.0 Å². The van der Waals surface area contributed by atoms with Crippen LogP contribution in [0.4, 0.5) is 13.2 Å². The summed E-state index contributed by atoms with van der Waals surface area (Å²) in [6.07, 6.45) is 2.36. The standard InChI is InChI=1S/C11H12F3NO3S/c1-8(4-6-19(17,18)11(12,13)14)10(16)9-3-2-5-15-7-9/h2-3,5,7-8H,4,6H2,1H3. The van der Waals surface area contributed by atoms with Crippen molar-refractivity contribution in [3.05, 3.63) is 30.1 Å². The van der Waals surface area contributed by atoms with Crippen molar-refractivity contribution in [1.82, 2.24) is 4.98 Å². The molecular formula is C11H12F3NO3S. The van der Waals surface area contributed by atoms with Crippen LogP contribution in [-0.4, -0.2) is 30.4 Å². The molecule has 1 unspecified atom stereocenters. The first-order valence-corrected chi connectivity index (χ1v) is 7.03. The maximum absolute atomic E-state index is 12.1. The summed E-state index contributed by atoms with van der Waals surface area (Å²) in [5, 5.41) is 0. The quantitative estimate of drug-likeness (QED) is 0.781. The molecule has 0 aromatic carbocycles. The summed E-state index contributed by atoms with van der Waals surface area (Å²) in [5.74, 6) is -2.34. The molecule has 0 aliphatic heterocycles. The maximum atomic E-state index is 12.1. The Morgan fingerprint density at radius 1 is 1.42 bits per heavy atom. The summed E-state index contributed by atoms with van der Waals surface area (Å²) in [6, 6.07) is 3.00.